The normalized spacial score (nSPS) is 10.7. The number of hydrogen-bond acceptors (Lipinski definition) is 3. The molecule has 5 heteroatoms. The van der Waals surface area contributed by atoms with Crippen molar-refractivity contribution in [3.05, 3.63) is 33.3 Å². The highest BCUT2D eigenvalue weighted by Crippen LogP contribution is 2.32. The van der Waals surface area contributed by atoms with Crippen molar-refractivity contribution in [2.24, 2.45) is 0 Å². The van der Waals surface area contributed by atoms with Crippen LogP contribution in [0.15, 0.2) is 27.2 Å². The van der Waals surface area contributed by atoms with Crippen LogP contribution in [0.5, 0.6) is 0 Å². The molecule has 1 heterocycles. The summed E-state index contributed by atoms with van der Waals surface area (Å²) in [5, 5.41) is 4.63. The maximum Gasteiger partial charge on any atom is 0.225 e. The zero-order valence-electron chi connectivity index (χ0n) is 8.63. The molecule has 0 saturated heterocycles. The van der Waals surface area contributed by atoms with Crippen LogP contribution in [0, 0.1) is 0 Å². The minimum atomic E-state index is 0.378. The predicted octanol–water partition coefficient (Wildman–Crippen LogP) is 3.90. The monoisotopic (exact) mass is 300 g/mol. The highest BCUT2D eigenvalue weighted by atomic mass is 79.9. The second-order valence-corrected chi connectivity index (χ2v) is 4.62. The molecule has 0 bridgehead atoms. The zero-order chi connectivity index (χ0) is 11.7. The van der Waals surface area contributed by atoms with Crippen molar-refractivity contribution in [3.8, 4) is 11.3 Å². The van der Waals surface area contributed by atoms with Crippen molar-refractivity contribution >= 4 is 33.4 Å². The summed E-state index contributed by atoms with van der Waals surface area (Å²) < 4.78 is 5.82. The number of nitrogens with zero attached hydrogens (tertiary/aromatic N) is 1. The standard InChI is InChI=1S/C11H10BrClN2O/c1-2-7-10(15-16-11(7)14)6-3-4-9(13)8(12)5-6/h3-5H,2,14H2,1H3. The van der Waals surface area contributed by atoms with E-state index >= 15 is 0 Å². The second-order valence-electron chi connectivity index (χ2n) is 3.36. The molecule has 16 heavy (non-hydrogen) atoms. The Morgan fingerprint density at radius 2 is 2.25 bits per heavy atom. The largest absolute Gasteiger partial charge is 0.367 e. The number of anilines is 1. The van der Waals surface area contributed by atoms with Crippen LogP contribution in [0.1, 0.15) is 12.5 Å². The van der Waals surface area contributed by atoms with Crippen LogP contribution in [-0.2, 0) is 6.42 Å². The van der Waals surface area contributed by atoms with E-state index in [1.54, 1.807) is 0 Å². The van der Waals surface area contributed by atoms with Gasteiger partial charge >= 0.3 is 0 Å². The van der Waals surface area contributed by atoms with Crippen molar-refractivity contribution < 1.29 is 4.52 Å². The quantitative estimate of drug-likeness (QED) is 0.915. The SMILES string of the molecule is CCc1c(-c2ccc(Cl)c(Br)c2)noc1N. The minimum Gasteiger partial charge on any atom is -0.367 e. The van der Waals surface area contributed by atoms with Crippen LogP contribution >= 0.6 is 27.5 Å². The van der Waals surface area contributed by atoms with Crippen molar-refractivity contribution in [1.82, 2.24) is 5.16 Å². The fourth-order valence-electron chi connectivity index (χ4n) is 1.53. The second kappa shape index (κ2) is 4.47. The van der Waals surface area contributed by atoms with E-state index in [4.69, 9.17) is 21.9 Å². The van der Waals surface area contributed by atoms with Crippen LogP contribution in [0.4, 0.5) is 5.88 Å². The Kier molecular flexibility index (Phi) is 3.21. The van der Waals surface area contributed by atoms with Gasteiger partial charge in [-0.15, -0.1) is 0 Å². The van der Waals surface area contributed by atoms with Crippen LogP contribution in [-0.4, -0.2) is 5.16 Å². The Labute approximate surface area is 107 Å². The lowest BCUT2D eigenvalue weighted by atomic mass is 10.1. The van der Waals surface area contributed by atoms with Gasteiger partial charge in [0.05, 0.1) is 5.02 Å². The van der Waals surface area contributed by atoms with Crippen molar-refractivity contribution in [3.63, 3.8) is 0 Å². The summed E-state index contributed by atoms with van der Waals surface area (Å²) >= 11 is 9.31. The molecule has 3 nitrogen and oxygen atoms in total. The number of nitrogen functional groups attached to an aromatic ring is 1. The smallest absolute Gasteiger partial charge is 0.225 e. The summed E-state index contributed by atoms with van der Waals surface area (Å²) in [6.45, 7) is 2.01. The molecule has 84 valence electrons. The third-order valence-corrected chi connectivity index (χ3v) is 3.58. The summed E-state index contributed by atoms with van der Waals surface area (Å²) in [5.41, 5.74) is 8.33. The van der Waals surface area contributed by atoms with E-state index in [2.05, 4.69) is 21.1 Å². The van der Waals surface area contributed by atoms with Crippen LogP contribution in [0.2, 0.25) is 5.02 Å². The van der Waals surface area contributed by atoms with E-state index in [-0.39, 0.29) is 0 Å². The predicted molar refractivity (Wildman–Crippen MR) is 68.4 cm³/mol. The molecule has 0 saturated carbocycles. The van der Waals surface area contributed by atoms with E-state index in [9.17, 15) is 0 Å². The summed E-state index contributed by atoms with van der Waals surface area (Å²) in [5.74, 6) is 0.378. The maximum absolute atomic E-state index is 5.93. The molecule has 0 aliphatic rings. The van der Waals surface area contributed by atoms with Gasteiger partial charge in [-0.05, 0) is 34.5 Å². The number of halogens is 2. The van der Waals surface area contributed by atoms with Gasteiger partial charge in [0, 0.05) is 15.6 Å². The van der Waals surface area contributed by atoms with Gasteiger partial charge in [0.1, 0.15) is 5.69 Å². The van der Waals surface area contributed by atoms with Crippen LogP contribution in [0.3, 0.4) is 0 Å². The number of rotatable bonds is 2. The summed E-state index contributed by atoms with van der Waals surface area (Å²) in [6.07, 6.45) is 0.783. The first-order valence-electron chi connectivity index (χ1n) is 4.83. The summed E-state index contributed by atoms with van der Waals surface area (Å²) in [6, 6.07) is 5.60. The van der Waals surface area contributed by atoms with Gasteiger partial charge in [0.25, 0.3) is 0 Å². The molecule has 1 aromatic carbocycles. The zero-order valence-corrected chi connectivity index (χ0v) is 11.0. The molecule has 0 spiro atoms. The topological polar surface area (TPSA) is 52.0 Å². The first kappa shape index (κ1) is 11.5. The molecular formula is C11H10BrClN2O. The van der Waals surface area contributed by atoms with Crippen LogP contribution in [0.25, 0.3) is 11.3 Å². The fraction of sp³-hybridized carbons (Fsp3) is 0.182. The Morgan fingerprint density at radius 3 is 2.88 bits per heavy atom. The lowest BCUT2D eigenvalue weighted by Gasteiger charge is -2.01. The lowest BCUT2D eigenvalue weighted by molar-refractivity contribution is 0.438. The number of benzene rings is 1. The first-order chi connectivity index (χ1) is 7.63. The van der Waals surface area contributed by atoms with Gasteiger partial charge < -0.3 is 10.3 Å². The molecule has 0 atom stereocenters. The van der Waals surface area contributed by atoms with Crippen molar-refractivity contribution in [1.29, 1.82) is 0 Å². The number of nitrogens with two attached hydrogens (primary N) is 1. The number of aromatic nitrogens is 1. The molecule has 0 radical (unpaired) electrons. The van der Waals surface area contributed by atoms with E-state index in [0.717, 1.165) is 27.7 Å². The van der Waals surface area contributed by atoms with Gasteiger partial charge in [-0.2, -0.15) is 0 Å². The minimum absolute atomic E-state index is 0.378. The van der Waals surface area contributed by atoms with Gasteiger partial charge in [0.2, 0.25) is 5.88 Å². The molecule has 2 rings (SSSR count). The molecular weight excluding hydrogens is 291 g/mol. The van der Waals surface area contributed by atoms with Gasteiger partial charge in [-0.1, -0.05) is 29.7 Å². The molecule has 0 aliphatic carbocycles. The van der Waals surface area contributed by atoms with Crippen molar-refractivity contribution in [2.75, 3.05) is 5.73 Å². The van der Waals surface area contributed by atoms with E-state index < -0.39 is 0 Å². The lowest BCUT2D eigenvalue weighted by Crippen LogP contribution is -1.90. The molecule has 0 amide bonds. The molecule has 0 fully saturated rings. The van der Waals surface area contributed by atoms with Gasteiger partial charge in [0.15, 0.2) is 0 Å². The Balaban J connectivity index is 2.54. The molecule has 2 N–H and O–H groups in total. The number of hydrogen-bond donors (Lipinski definition) is 1. The summed E-state index contributed by atoms with van der Waals surface area (Å²) in [7, 11) is 0. The third kappa shape index (κ3) is 1.95. The first-order valence-corrected chi connectivity index (χ1v) is 6.00. The van der Waals surface area contributed by atoms with Crippen LogP contribution < -0.4 is 5.73 Å². The average molecular weight is 302 g/mol. The summed E-state index contributed by atoms with van der Waals surface area (Å²) in [4.78, 5) is 0. The van der Waals surface area contributed by atoms with Gasteiger partial charge in [-0.25, -0.2) is 0 Å². The average Bonchev–Trinajstić information content (AvgIpc) is 2.63. The van der Waals surface area contributed by atoms with Crippen molar-refractivity contribution in [2.45, 2.75) is 13.3 Å². The Morgan fingerprint density at radius 1 is 1.50 bits per heavy atom. The highest BCUT2D eigenvalue weighted by molar-refractivity contribution is 9.10. The van der Waals surface area contributed by atoms with E-state index in [1.807, 2.05) is 25.1 Å². The third-order valence-electron chi connectivity index (χ3n) is 2.37. The highest BCUT2D eigenvalue weighted by Gasteiger charge is 2.14. The Hall–Kier alpha value is -1.00. The van der Waals surface area contributed by atoms with E-state index in [1.165, 1.54) is 0 Å². The molecule has 0 aliphatic heterocycles. The van der Waals surface area contributed by atoms with E-state index in [0.29, 0.717) is 10.9 Å². The molecule has 0 unspecified atom stereocenters. The maximum atomic E-state index is 5.93. The van der Waals surface area contributed by atoms with Gasteiger partial charge in [-0.3, -0.25) is 0 Å². The molecule has 1 aromatic heterocycles. The Bertz CT molecular complexity index is 525. The fourth-order valence-corrected chi connectivity index (χ4v) is 2.03. The molecule has 2 aromatic rings.